The number of fused-ring (bicyclic) bond motifs is 1. The number of para-hydroxylation sites is 2. The molecule has 0 fully saturated rings. The lowest BCUT2D eigenvalue weighted by Gasteiger charge is -2.16. The smallest absolute Gasteiger partial charge is 0.227 e. The molecule has 1 aliphatic rings. The highest BCUT2D eigenvalue weighted by molar-refractivity contribution is 6.03. The highest BCUT2D eigenvalue weighted by atomic mass is 79.9. The van der Waals surface area contributed by atoms with Gasteiger partial charge in [-0.25, -0.2) is 0 Å². The van der Waals surface area contributed by atoms with Gasteiger partial charge in [0, 0.05) is 42.9 Å². The standard InChI is InChI=1S/C26H31N2O.BrH/c1-5-6-19-28-24-17-11-10-16-23(24)26(3,4)25(28)18-12-13-20-27(21(2)29)22-14-8-7-9-15-22;/h7-18,20H,5-6,19H2,1-4H3;1H/q+1;/p-1. The molecule has 1 aliphatic heterocycles. The fourth-order valence-corrected chi connectivity index (χ4v) is 3.94. The van der Waals surface area contributed by atoms with Crippen LogP contribution in [0.4, 0.5) is 11.4 Å². The van der Waals surface area contributed by atoms with Crippen molar-refractivity contribution in [1.82, 2.24) is 0 Å². The summed E-state index contributed by atoms with van der Waals surface area (Å²) in [7, 11) is 0. The maximum absolute atomic E-state index is 12.1. The summed E-state index contributed by atoms with van der Waals surface area (Å²) in [4.78, 5) is 13.7. The molecule has 30 heavy (non-hydrogen) atoms. The lowest BCUT2D eigenvalue weighted by atomic mass is 9.81. The molecule has 0 aliphatic carbocycles. The van der Waals surface area contributed by atoms with E-state index in [4.69, 9.17) is 0 Å². The molecule has 0 aromatic heterocycles. The van der Waals surface area contributed by atoms with Gasteiger partial charge in [0.25, 0.3) is 0 Å². The van der Waals surface area contributed by atoms with Crippen molar-refractivity contribution in [2.45, 2.75) is 46.0 Å². The first kappa shape index (κ1) is 23.8. The maximum atomic E-state index is 12.1. The molecular formula is C26H31BrN2O. The highest BCUT2D eigenvalue weighted by Crippen LogP contribution is 2.39. The molecule has 3 rings (SSSR count). The SMILES string of the molecule is CCCC[N+]1=C(/C=C/C=C/N(C(C)=O)c2ccccc2)C(C)(C)c2ccccc21.[Br-]. The zero-order valence-corrected chi connectivity index (χ0v) is 19.9. The Balaban J connectivity index is 0.00000320. The van der Waals surface area contributed by atoms with Crippen LogP contribution in [0.5, 0.6) is 0 Å². The van der Waals surface area contributed by atoms with Gasteiger partial charge >= 0.3 is 0 Å². The lowest BCUT2D eigenvalue weighted by molar-refractivity contribution is -0.438. The molecule has 0 bridgehead atoms. The van der Waals surface area contributed by atoms with Crippen molar-refractivity contribution in [3.63, 3.8) is 0 Å². The number of unbranched alkanes of at least 4 members (excludes halogenated alkanes) is 1. The third-order valence-electron chi connectivity index (χ3n) is 5.51. The van der Waals surface area contributed by atoms with Gasteiger partial charge in [-0.05, 0) is 32.1 Å². The molecule has 158 valence electrons. The first-order valence-electron chi connectivity index (χ1n) is 10.4. The Bertz CT molecular complexity index is 958. The number of amides is 1. The van der Waals surface area contributed by atoms with Crippen LogP contribution in [-0.4, -0.2) is 22.7 Å². The number of anilines is 1. The van der Waals surface area contributed by atoms with Gasteiger partial charge in [-0.2, -0.15) is 4.58 Å². The first-order valence-corrected chi connectivity index (χ1v) is 10.4. The minimum atomic E-state index is -0.0473. The Kier molecular flexibility index (Phi) is 8.36. The molecule has 2 aromatic carbocycles. The summed E-state index contributed by atoms with van der Waals surface area (Å²) in [5.41, 5.74) is 4.80. The van der Waals surface area contributed by atoms with E-state index in [-0.39, 0.29) is 28.3 Å². The fourth-order valence-electron chi connectivity index (χ4n) is 3.94. The van der Waals surface area contributed by atoms with E-state index < -0.39 is 0 Å². The monoisotopic (exact) mass is 466 g/mol. The van der Waals surface area contributed by atoms with E-state index in [9.17, 15) is 4.79 Å². The van der Waals surface area contributed by atoms with Crippen LogP contribution in [0.25, 0.3) is 0 Å². The number of allylic oxidation sites excluding steroid dienone is 3. The third kappa shape index (κ3) is 4.99. The van der Waals surface area contributed by atoms with Crippen molar-refractivity contribution in [3.8, 4) is 0 Å². The van der Waals surface area contributed by atoms with Crippen LogP contribution in [0.15, 0.2) is 79.0 Å². The Morgan fingerprint density at radius 1 is 1.03 bits per heavy atom. The van der Waals surface area contributed by atoms with Gasteiger partial charge in [-0.3, -0.25) is 9.69 Å². The van der Waals surface area contributed by atoms with E-state index >= 15 is 0 Å². The van der Waals surface area contributed by atoms with E-state index in [0.29, 0.717) is 0 Å². The van der Waals surface area contributed by atoms with Crippen molar-refractivity contribution in [2.24, 2.45) is 0 Å². The Morgan fingerprint density at radius 2 is 1.70 bits per heavy atom. The summed E-state index contributed by atoms with van der Waals surface area (Å²) in [5, 5.41) is 0. The summed E-state index contributed by atoms with van der Waals surface area (Å²) in [6.07, 6.45) is 10.3. The van der Waals surface area contributed by atoms with Crippen LogP contribution >= 0.6 is 0 Å². The highest BCUT2D eigenvalue weighted by Gasteiger charge is 2.43. The van der Waals surface area contributed by atoms with Gasteiger partial charge in [0.1, 0.15) is 6.54 Å². The minimum absolute atomic E-state index is 0. The third-order valence-corrected chi connectivity index (χ3v) is 5.51. The Hall–Kier alpha value is -2.46. The fraction of sp³-hybridized carbons (Fsp3) is 0.308. The number of carbonyl (C=O) groups is 1. The van der Waals surface area contributed by atoms with Crippen molar-refractivity contribution in [2.75, 3.05) is 11.4 Å². The summed E-state index contributed by atoms with van der Waals surface area (Å²) in [6.45, 7) is 9.40. The van der Waals surface area contributed by atoms with Gasteiger partial charge in [-0.1, -0.05) is 55.8 Å². The molecular weight excluding hydrogens is 436 g/mol. The number of nitrogens with zero attached hydrogens (tertiary/aromatic N) is 2. The molecule has 1 amide bonds. The first-order chi connectivity index (χ1) is 14.0. The maximum Gasteiger partial charge on any atom is 0.227 e. The summed E-state index contributed by atoms with van der Waals surface area (Å²) < 4.78 is 2.45. The summed E-state index contributed by atoms with van der Waals surface area (Å²) >= 11 is 0. The second-order valence-electron chi connectivity index (χ2n) is 7.96. The van der Waals surface area contributed by atoms with Crippen LogP contribution < -0.4 is 21.9 Å². The van der Waals surface area contributed by atoms with Crippen LogP contribution in [-0.2, 0) is 10.2 Å². The van der Waals surface area contributed by atoms with Gasteiger partial charge in [-0.15, -0.1) is 0 Å². The number of carbonyl (C=O) groups excluding carboxylic acids is 1. The van der Waals surface area contributed by atoms with Crippen molar-refractivity contribution < 1.29 is 26.4 Å². The summed E-state index contributed by atoms with van der Waals surface area (Å²) in [6, 6.07) is 18.4. The van der Waals surface area contributed by atoms with Gasteiger partial charge in [0.05, 0.1) is 5.41 Å². The van der Waals surface area contributed by atoms with Gasteiger partial charge in [0.2, 0.25) is 11.6 Å². The number of rotatable bonds is 7. The topological polar surface area (TPSA) is 23.3 Å². The Labute approximate surface area is 191 Å². The molecule has 0 atom stereocenters. The molecule has 0 unspecified atom stereocenters. The predicted octanol–water partition coefficient (Wildman–Crippen LogP) is 2.99. The number of halogens is 1. The van der Waals surface area contributed by atoms with Gasteiger partial charge < -0.3 is 17.0 Å². The summed E-state index contributed by atoms with van der Waals surface area (Å²) in [5.74, 6) is -0.00771. The van der Waals surface area contributed by atoms with E-state index in [1.807, 2.05) is 48.7 Å². The normalized spacial score (nSPS) is 14.8. The lowest BCUT2D eigenvalue weighted by Crippen LogP contribution is -3.00. The molecule has 1 heterocycles. The van der Waals surface area contributed by atoms with E-state index in [2.05, 4.69) is 55.7 Å². The van der Waals surface area contributed by atoms with Crippen LogP contribution in [0.1, 0.15) is 46.1 Å². The zero-order valence-electron chi connectivity index (χ0n) is 18.3. The molecule has 0 saturated heterocycles. The second kappa shape index (κ2) is 10.5. The number of hydrogen-bond donors (Lipinski definition) is 0. The van der Waals surface area contributed by atoms with Crippen LogP contribution in [0.3, 0.4) is 0 Å². The quantitative estimate of drug-likeness (QED) is 0.454. The molecule has 0 radical (unpaired) electrons. The van der Waals surface area contributed by atoms with Crippen LogP contribution in [0.2, 0.25) is 0 Å². The number of benzene rings is 2. The molecule has 0 saturated carbocycles. The van der Waals surface area contributed by atoms with Gasteiger partial charge in [0.15, 0.2) is 5.71 Å². The molecule has 2 aromatic rings. The van der Waals surface area contributed by atoms with E-state index in [0.717, 1.165) is 18.7 Å². The van der Waals surface area contributed by atoms with E-state index in [1.165, 1.54) is 23.4 Å². The van der Waals surface area contributed by atoms with Crippen molar-refractivity contribution in [3.05, 3.63) is 84.6 Å². The molecule has 4 heteroatoms. The second-order valence-corrected chi connectivity index (χ2v) is 7.96. The zero-order chi connectivity index (χ0) is 20.9. The Morgan fingerprint density at radius 3 is 2.37 bits per heavy atom. The molecule has 0 N–H and O–H groups in total. The molecule has 3 nitrogen and oxygen atoms in total. The predicted molar refractivity (Wildman–Crippen MR) is 122 cm³/mol. The van der Waals surface area contributed by atoms with Crippen molar-refractivity contribution >= 4 is 23.0 Å². The average molecular weight is 467 g/mol. The van der Waals surface area contributed by atoms with Crippen LogP contribution in [0, 0.1) is 0 Å². The molecule has 0 spiro atoms. The largest absolute Gasteiger partial charge is 1.00 e. The minimum Gasteiger partial charge on any atom is -1.00 e. The number of hydrogen-bond acceptors (Lipinski definition) is 1. The van der Waals surface area contributed by atoms with E-state index in [1.54, 1.807) is 11.8 Å². The average Bonchev–Trinajstić information content (AvgIpc) is 2.93. The van der Waals surface area contributed by atoms with Crippen molar-refractivity contribution in [1.29, 1.82) is 0 Å².